The fourth-order valence-electron chi connectivity index (χ4n) is 1.90. The standard InChI is InChI=1S/C15H21F2N3O3/c1-20(2)7-3-6-18-13(15(22)23)9-14(21)19-12-5-4-10(16)8-11(12)17/h4-5,8,13,18H,3,6-7,9H2,1-2H3,(H,19,21)(H,22,23)/t13-/m0/s1. The van der Waals surface area contributed by atoms with Crippen molar-refractivity contribution in [3.63, 3.8) is 0 Å². The fourth-order valence-corrected chi connectivity index (χ4v) is 1.90. The second-order valence-corrected chi connectivity index (χ2v) is 5.38. The minimum absolute atomic E-state index is 0.187. The lowest BCUT2D eigenvalue weighted by atomic mass is 10.2. The molecule has 6 nitrogen and oxygen atoms in total. The van der Waals surface area contributed by atoms with Gasteiger partial charge < -0.3 is 20.6 Å². The van der Waals surface area contributed by atoms with Gasteiger partial charge >= 0.3 is 5.97 Å². The zero-order valence-electron chi connectivity index (χ0n) is 13.1. The Hall–Kier alpha value is -2.06. The zero-order valence-corrected chi connectivity index (χ0v) is 13.1. The molecule has 0 fully saturated rings. The van der Waals surface area contributed by atoms with Crippen LogP contribution in [0.5, 0.6) is 0 Å². The molecule has 0 unspecified atom stereocenters. The van der Waals surface area contributed by atoms with Gasteiger partial charge in [0.25, 0.3) is 0 Å². The van der Waals surface area contributed by atoms with Gasteiger partial charge in [0, 0.05) is 6.07 Å². The Morgan fingerprint density at radius 2 is 2.00 bits per heavy atom. The maximum Gasteiger partial charge on any atom is 0.321 e. The van der Waals surface area contributed by atoms with E-state index < -0.39 is 29.6 Å². The van der Waals surface area contributed by atoms with Gasteiger partial charge in [0.05, 0.1) is 12.1 Å². The number of carboxylic acids is 1. The number of amides is 1. The molecule has 1 atom stereocenters. The normalized spacial score (nSPS) is 12.2. The Labute approximate surface area is 133 Å². The molecule has 0 aromatic heterocycles. The number of benzene rings is 1. The second kappa shape index (κ2) is 9.16. The summed E-state index contributed by atoms with van der Waals surface area (Å²) in [6, 6.07) is 1.67. The van der Waals surface area contributed by atoms with Gasteiger partial charge in [-0.2, -0.15) is 0 Å². The number of hydrogen-bond donors (Lipinski definition) is 3. The van der Waals surface area contributed by atoms with E-state index in [1.165, 1.54) is 0 Å². The van der Waals surface area contributed by atoms with Crippen molar-refractivity contribution in [1.29, 1.82) is 0 Å². The van der Waals surface area contributed by atoms with Crippen LogP contribution in [0.1, 0.15) is 12.8 Å². The maximum atomic E-state index is 13.4. The van der Waals surface area contributed by atoms with Crippen molar-refractivity contribution in [3.8, 4) is 0 Å². The van der Waals surface area contributed by atoms with Gasteiger partial charge in [-0.1, -0.05) is 0 Å². The van der Waals surface area contributed by atoms with Gasteiger partial charge in [0.2, 0.25) is 5.91 Å². The number of halogens is 2. The first-order chi connectivity index (χ1) is 10.8. The van der Waals surface area contributed by atoms with Crippen LogP contribution in [0.4, 0.5) is 14.5 Å². The first-order valence-corrected chi connectivity index (χ1v) is 7.15. The van der Waals surface area contributed by atoms with Crippen molar-refractivity contribution in [2.45, 2.75) is 18.9 Å². The third-order valence-corrected chi connectivity index (χ3v) is 3.07. The van der Waals surface area contributed by atoms with E-state index in [-0.39, 0.29) is 12.1 Å². The van der Waals surface area contributed by atoms with E-state index in [0.717, 1.165) is 25.1 Å². The van der Waals surface area contributed by atoms with Crippen LogP contribution in [0.15, 0.2) is 18.2 Å². The number of aliphatic carboxylic acids is 1. The Bertz CT molecular complexity index is 553. The van der Waals surface area contributed by atoms with E-state index in [1.54, 1.807) is 0 Å². The van der Waals surface area contributed by atoms with E-state index in [0.29, 0.717) is 12.6 Å². The van der Waals surface area contributed by atoms with E-state index in [9.17, 15) is 18.4 Å². The summed E-state index contributed by atoms with van der Waals surface area (Å²) in [5.74, 6) is -3.50. The molecule has 128 valence electrons. The lowest BCUT2D eigenvalue weighted by Gasteiger charge is -2.15. The molecule has 3 N–H and O–H groups in total. The van der Waals surface area contributed by atoms with Gasteiger partial charge in [0.1, 0.15) is 17.7 Å². The third-order valence-electron chi connectivity index (χ3n) is 3.07. The summed E-state index contributed by atoms with van der Waals surface area (Å²) in [5.41, 5.74) is -0.187. The number of carbonyl (C=O) groups is 2. The Balaban J connectivity index is 2.52. The molecule has 0 spiro atoms. The van der Waals surface area contributed by atoms with E-state index in [4.69, 9.17) is 5.11 Å². The molecule has 0 aliphatic carbocycles. The van der Waals surface area contributed by atoms with Crippen LogP contribution >= 0.6 is 0 Å². The second-order valence-electron chi connectivity index (χ2n) is 5.38. The monoisotopic (exact) mass is 329 g/mol. The Morgan fingerprint density at radius 3 is 2.57 bits per heavy atom. The number of carboxylic acid groups (broad SMARTS) is 1. The first-order valence-electron chi connectivity index (χ1n) is 7.15. The van der Waals surface area contributed by atoms with Gasteiger partial charge in [-0.15, -0.1) is 0 Å². The van der Waals surface area contributed by atoms with E-state index in [1.807, 2.05) is 19.0 Å². The van der Waals surface area contributed by atoms with Crippen LogP contribution in [0.2, 0.25) is 0 Å². The number of hydrogen-bond acceptors (Lipinski definition) is 4. The summed E-state index contributed by atoms with van der Waals surface area (Å²) in [4.78, 5) is 24.9. The molecular weight excluding hydrogens is 308 g/mol. The minimum Gasteiger partial charge on any atom is -0.480 e. The highest BCUT2D eigenvalue weighted by Crippen LogP contribution is 2.15. The maximum absolute atomic E-state index is 13.4. The molecular formula is C15H21F2N3O3. The van der Waals surface area contributed by atoms with Crippen LogP contribution in [0.3, 0.4) is 0 Å². The highest BCUT2D eigenvalue weighted by molar-refractivity contribution is 5.94. The molecule has 1 rings (SSSR count). The SMILES string of the molecule is CN(C)CCCN[C@@H](CC(=O)Nc1ccc(F)cc1F)C(=O)O. The van der Waals surface area contributed by atoms with Gasteiger partial charge in [-0.05, 0) is 45.7 Å². The number of rotatable bonds is 9. The number of nitrogens with zero attached hydrogens (tertiary/aromatic N) is 1. The van der Waals surface area contributed by atoms with Crippen LogP contribution in [0, 0.1) is 11.6 Å². The number of anilines is 1. The van der Waals surface area contributed by atoms with Crippen molar-refractivity contribution in [2.24, 2.45) is 0 Å². The van der Waals surface area contributed by atoms with Crippen molar-refractivity contribution in [3.05, 3.63) is 29.8 Å². The molecule has 23 heavy (non-hydrogen) atoms. The lowest BCUT2D eigenvalue weighted by molar-refractivity contribution is -0.141. The highest BCUT2D eigenvalue weighted by atomic mass is 19.1. The molecule has 8 heteroatoms. The molecule has 0 aliphatic rings. The van der Waals surface area contributed by atoms with E-state index >= 15 is 0 Å². The molecule has 0 aliphatic heterocycles. The van der Waals surface area contributed by atoms with Gasteiger partial charge in [-0.25, -0.2) is 8.78 Å². The summed E-state index contributed by atoms with van der Waals surface area (Å²) in [6.45, 7) is 1.22. The van der Waals surface area contributed by atoms with Gasteiger partial charge in [-0.3, -0.25) is 9.59 Å². The average molecular weight is 329 g/mol. The largest absolute Gasteiger partial charge is 0.480 e. The molecule has 0 heterocycles. The quantitative estimate of drug-likeness (QED) is 0.595. The predicted octanol–water partition coefficient (Wildman–Crippen LogP) is 1.29. The summed E-state index contributed by atoms with van der Waals surface area (Å²) >= 11 is 0. The van der Waals surface area contributed by atoms with Crippen molar-refractivity contribution in [1.82, 2.24) is 10.2 Å². The Morgan fingerprint density at radius 1 is 1.30 bits per heavy atom. The minimum atomic E-state index is -1.16. The fraction of sp³-hybridized carbons (Fsp3) is 0.467. The molecule has 1 aromatic carbocycles. The summed E-state index contributed by atoms with van der Waals surface area (Å²) < 4.78 is 26.2. The van der Waals surface area contributed by atoms with Crippen LogP contribution in [-0.4, -0.2) is 55.1 Å². The summed E-state index contributed by atoms with van der Waals surface area (Å²) in [6.07, 6.45) is 0.374. The van der Waals surface area contributed by atoms with Gasteiger partial charge in [0.15, 0.2) is 0 Å². The van der Waals surface area contributed by atoms with Crippen molar-refractivity contribution in [2.75, 3.05) is 32.5 Å². The van der Waals surface area contributed by atoms with Crippen molar-refractivity contribution >= 4 is 17.6 Å². The lowest BCUT2D eigenvalue weighted by Crippen LogP contribution is -2.40. The smallest absolute Gasteiger partial charge is 0.321 e. The molecule has 1 aromatic rings. The first kappa shape index (κ1) is 19.0. The summed E-state index contributed by atoms with van der Waals surface area (Å²) in [5, 5.41) is 14.1. The molecule has 0 saturated heterocycles. The highest BCUT2D eigenvalue weighted by Gasteiger charge is 2.21. The number of nitrogens with one attached hydrogen (secondary N) is 2. The number of carbonyl (C=O) groups excluding carboxylic acids is 1. The topological polar surface area (TPSA) is 81.7 Å². The molecule has 0 radical (unpaired) electrons. The Kier molecular flexibility index (Phi) is 7.56. The zero-order chi connectivity index (χ0) is 17.4. The van der Waals surface area contributed by atoms with Crippen LogP contribution in [0.25, 0.3) is 0 Å². The average Bonchev–Trinajstić information content (AvgIpc) is 2.44. The molecule has 0 bridgehead atoms. The van der Waals surface area contributed by atoms with Crippen molar-refractivity contribution < 1.29 is 23.5 Å². The predicted molar refractivity (Wildman–Crippen MR) is 82.2 cm³/mol. The molecule has 0 saturated carbocycles. The third kappa shape index (κ3) is 7.16. The van der Waals surface area contributed by atoms with E-state index in [2.05, 4.69) is 10.6 Å². The van der Waals surface area contributed by atoms with Crippen LogP contribution in [-0.2, 0) is 9.59 Å². The molecule has 1 amide bonds. The van der Waals surface area contributed by atoms with Crippen LogP contribution < -0.4 is 10.6 Å². The summed E-state index contributed by atoms with van der Waals surface area (Å²) in [7, 11) is 3.80.